The van der Waals surface area contributed by atoms with Crippen molar-refractivity contribution in [2.24, 2.45) is 0 Å². The second-order valence-electron chi connectivity index (χ2n) is 14.6. The monoisotopic (exact) mass is 1270 g/mol. The number of rotatable bonds is 11. The number of nitrogens with one attached hydrogen (secondary N) is 1. The van der Waals surface area contributed by atoms with Gasteiger partial charge in [0, 0.05) is 48.0 Å². The molecule has 0 saturated carbocycles. The van der Waals surface area contributed by atoms with E-state index in [-0.39, 0.29) is 129 Å². The molecule has 0 aliphatic rings. The van der Waals surface area contributed by atoms with Crippen LogP contribution in [0.2, 0.25) is 0 Å². The second-order valence-corrected chi connectivity index (χ2v) is 16.2. The van der Waals surface area contributed by atoms with Crippen molar-refractivity contribution in [3.8, 4) is 22.3 Å². The number of carbonyl (C=O) groups excluding carboxylic acids is 1. The first kappa shape index (κ1) is 72.2. The minimum atomic E-state index is -5.95. The first-order valence-electron chi connectivity index (χ1n) is 20.5. The van der Waals surface area contributed by atoms with Crippen LogP contribution in [0.1, 0.15) is 19.7 Å². The van der Waals surface area contributed by atoms with Crippen LogP contribution in [-0.2, 0) is 56.2 Å². The number of aryl methyl sites for hydroxylation is 1. The molecule has 7 aromatic rings. The van der Waals surface area contributed by atoms with Crippen LogP contribution in [0, 0.1) is 6.92 Å². The summed E-state index contributed by atoms with van der Waals surface area (Å²) < 4.78 is 275. The molecule has 1 N–H and O–H groups in total. The largest absolute Gasteiger partial charge is 1.00 e. The number of benzene rings is 1. The van der Waals surface area contributed by atoms with Gasteiger partial charge in [-0.05, 0) is 19.1 Å². The third-order valence-electron chi connectivity index (χ3n) is 9.30. The van der Waals surface area contributed by atoms with Crippen LogP contribution < -0.4 is 130 Å². The van der Waals surface area contributed by atoms with E-state index in [2.05, 4.69) is 29.2 Å². The van der Waals surface area contributed by atoms with Crippen molar-refractivity contribution in [1.29, 1.82) is 0 Å². The average Bonchev–Trinajstić information content (AvgIpc) is 3.99. The number of nitrogens with zero attached hydrogens (tertiary/aromatic N) is 9. The Morgan fingerprint density at radius 1 is 0.704 bits per heavy atom. The second kappa shape index (κ2) is 29.6. The molecule has 7 rings (SSSR count). The van der Waals surface area contributed by atoms with E-state index < -0.39 is 148 Å². The maximum absolute atomic E-state index is 13.5. The molecule has 0 amide bonds. The van der Waals surface area contributed by atoms with E-state index in [9.17, 15) is 111 Å². The zero-order valence-electron chi connectivity index (χ0n) is 42.2. The van der Waals surface area contributed by atoms with Crippen LogP contribution in [0.25, 0.3) is 33.8 Å². The Bertz CT molecular complexity index is 3630. The molecule has 0 radical (unpaired) electrons. The summed E-state index contributed by atoms with van der Waals surface area (Å²) in [6.45, 7) is -5.37. The van der Waals surface area contributed by atoms with Crippen molar-refractivity contribution in [2.75, 3.05) is 14.0 Å². The topological polar surface area (TPSA) is 252 Å². The van der Waals surface area contributed by atoms with Crippen LogP contribution >= 0.6 is 0 Å². The molecule has 20 nitrogen and oxygen atoms in total. The van der Waals surface area contributed by atoms with Crippen molar-refractivity contribution in [1.82, 2.24) is 47.9 Å². The normalized spacial score (nSPS) is 12.1. The van der Waals surface area contributed by atoms with Gasteiger partial charge in [-0.1, -0.05) is 17.7 Å². The SMILES string of the molecule is Cc1ccc(S(=O)(=O)OCF)cc1.O=CO[O-].O=c1ccn2c(=O)c(-c3cnn(CC(F)(F)C(F)(F)F)c3)c(C(F)(F)F)nc2[nH]1.O=c1ccn2c(=O)c(-c3cnn(CC(F)(F)C(F)(F)F)c3)c(C(F)(F)F)nc2n1CF.[2H]CF.[H-].[K+].[K+]. The van der Waals surface area contributed by atoms with Crippen molar-refractivity contribution in [3.05, 3.63) is 132 Å². The van der Waals surface area contributed by atoms with E-state index in [4.69, 9.17) is 11.4 Å². The molecule has 0 atom stereocenters. The molecule has 1 aromatic carbocycles. The van der Waals surface area contributed by atoms with E-state index in [1.54, 1.807) is 12.1 Å². The molecule has 0 bridgehead atoms. The summed E-state index contributed by atoms with van der Waals surface area (Å²) in [4.78, 5) is 67.5. The summed E-state index contributed by atoms with van der Waals surface area (Å²) in [5.74, 6) is -12.2. The Labute approximate surface area is 523 Å². The van der Waals surface area contributed by atoms with E-state index in [1.165, 1.54) is 12.1 Å². The van der Waals surface area contributed by atoms with E-state index >= 15 is 0 Å². The van der Waals surface area contributed by atoms with Gasteiger partial charge in [-0.3, -0.25) is 51.5 Å². The fourth-order valence-corrected chi connectivity index (χ4v) is 6.57. The maximum atomic E-state index is 13.5. The number of halogens is 19. The van der Waals surface area contributed by atoms with E-state index in [0.717, 1.165) is 17.8 Å². The van der Waals surface area contributed by atoms with Gasteiger partial charge in [0.2, 0.25) is 18.4 Å². The number of aromatic nitrogens is 10. The summed E-state index contributed by atoms with van der Waals surface area (Å²) in [6.07, 6.45) is -19.1. The van der Waals surface area contributed by atoms with Gasteiger partial charge in [-0.2, -0.15) is 88.9 Å². The first-order chi connectivity index (χ1) is 36.8. The molecule has 0 saturated heterocycles. The van der Waals surface area contributed by atoms with E-state index in [1.807, 2.05) is 11.9 Å². The molecule has 6 heterocycles. The molecular formula is C39H29F19K2N10O10S. The number of H-pyrrole nitrogens is 1. The van der Waals surface area contributed by atoms with Crippen LogP contribution in [0.15, 0.2) is 97.7 Å². The van der Waals surface area contributed by atoms with Crippen LogP contribution in [0.5, 0.6) is 0 Å². The predicted molar refractivity (Wildman–Crippen MR) is 224 cm³/mol. The standard InChI is InChI=1S/C15H8F9N5O2.C14H7F8N5O2.C8H9FO3S.CH3F.CH2O3.2K.H/c16-6-29-8(30)1-2-28-11(31)9(10(14(19,20)21)26-12(28)29)7-3-25-27(4-7)5-13(17,18)15(22,23)24;15-12(16,14(20,21)22)5-26-4-6(3-23-26)8-9(13(17,18)19)25-11-24-7(28)1-2-27(11)10(8)29;1-7-2-4-8(5-3-7)13(10,11)12-6-9;1-2;2-1-4-3;;;/h1-4H,5-6H2;1-4H,5H2,(H,24,25,28);2-5H,6H2,1H3;1H3;1,3H;;;/q;;;;;2*+1;-1/p-1/i;;;1D;;;;. The number of hydrogen-bond donors (Lipinski definition) is 1. The summed E-state index contributed by atoms with van der Waals surface area (Å²) in [7, 11) is -4.90. The number of alkyl halides is 19. The average molecular weight is 1270 g/mol. The zero-order valence-corrected chi connectivity index (χ0v) is 47.3. The summed E-state index contributed by atoms with van der Waals surface area (Å²) >= 11 is 0. The summed E-state index contributed by atoms with van der Waals surface area (Å²) in [5.41, 5.74) is -11.4. The summed E-state index contributed by atoms with van der Waals surface area (Å²) in [6, 6.07) is 7.48. The Kier molecular flexibility index (Phi) is 26.4. The van der Waals surface area contributed by atoms with Crippen LogP contribution in [0.3, 0.4) is 0 Å². The smallest absolute Gasteiger partial charge is 1.00 e. The summed E-state index contributed by atoms with van der Waals surface area (Å²) in [5, 5.41) is 14.8. The van der Waals surface area contributed by atoms with Crippen LogP contribution in [-0.4, -0.2) is 101 Å². The Morgan fingerprint density at radius 3 is 1.52 bits per heavy atom. The Morgan fingerprint density at radius 2 is 1.12 bits per heavy atom. The third kappa shape index (κ3) is 18.8. The van der Waals surface area contributed by atoms with Crippen LogP contribution in [0.4, 0.5) is 83.4 Å². The van der Waals surface area contributed by atoms with Crippen molar-refractivity contribution in [3.63, 3.8) is 0 Å². The number of carbonyl (C=O) groups is 1. The van der Waals surface area contributed by atoms with Gasteiger partial charge in [0.1, 0.15) is 13.1 Å². The van der Waals surface area contributed by atoms with Gasteiger partial charge in [0.25, 0.3) is 38.8 Å². The van der Waals surface area contributed by atoms with Gasteiger partial charge < -0.3 is 11.6 Å². The van der Waals surface area contributed by atoms with Gasteiger partial charge in [-0.15, -0.1) is 0 Å². The first-order valence-corrected chi connectivity index (χ1v) is 21.2. The molecule has 0 fully saturated rings. The minimum absolute atomic E-state index is 0. The maximum Gasteiger partial charge on any atom is 1.00 e. The molecule has 0 aliphatic heterocycles. The van der Waals surface area contributed by atoms with E-state index in [0.29, 0.717) is 45.9 Å². The molecule has 42 heteroatoms. The molecule has 0 unspecified atom stereocenters. The molecule has 0 spiro atoms. The zero-order chi connectivity index (χ0) is 61.1. The molecule has 81 heavy (non-hydrogen) atoms. The number of fused-ring (bicyclic) bond motifs is 2. The molecule has 6 aromatic heterocycles. The minimum Gasteiger partial charge on any atom is -1.00 e. The quantitative estimate of drug-likeness (QED) is 0.0451. The fraction of sp³-hybridized carbons (Fsp3) is 0.308. The predicted octanol–water partition coefficient (Wildman–Crippen LogP) is 0.0940. The van der Waals surface area contributed by atoms with Gasteiger partial charge in [0.05, 0.1) is 36.9 Å². The fourth-order valence-electron chi connectivity index (χ4n) is 5.85. The number of hydrogen-bond acceptors (Lipinski definition) is 14. The third-order valence-corrected chi connectivity index (χ3v) is 10.5. The molecular weight excluding hydrogens is 1240 g/mol. The Balaban J connectivity index is 0.00000120. The van der Waals surface area contributed by atoms with Gasteiger partial charge in [0.15, 0.2) is 18.2 Å². The van der Waals surface area contributed by atoms with Crippen molar-refractivity contribution in [2.45, 2.75) is 68.3 Å². The van der Waals surface area contributed by atoms with Crippen molar-refractivity contribution < 1.29 is 217 Å². The Hall–Kier alpha value is -4.90. The van der Waals surface area contributed by atoms with Gasteiger partial charge >= 0.3 is 139 Å². The molecule has 0 aliphatic carbocycles. The number of aromatic amines is 1. The van der Waals surface area contributed by atoms with Gasteiger partial charge in [-0.25, -0.2) is 27.5 Å². The van der Waals surface area contributed by atoms with Crippen molar-refractivity contribution >= 4 is 28.1 Å². The molecule has 436 valence electrons.